The van der Waals surface area contributed by atoms with Crippen molar-refractivity contribution >= 4 is 5.91 Å². The van der Waals surface area contributed by atoms with Gasteiger partial charge in [0.25, 0.3) is 0 Å². The van der Waals surface area contributed by atoms with Crippen molar-refractivity contribution < 1.29 is 14.6 Å². The molecule has 1 N–H and O–H groups in total. The summed E-state index contributed by atoms with van der Waals surface area (Å²) in [5, 5.41) is 12.8. The van der Waals surface area contributed by atoms with Crippen molar-refractivity contribution in [3.05, 3.63) is 18.0 Å². The minimum absolute atomic E-state index is 0.0646. The lowest BCUT2D eigenvalue weighted by atomic mass is 10.3. The third-order valence-electron chi connectivity index (χ3n) is 3.73. The molecule has 0 saturated carbocycles. The molecule has 1 fully saturated rings. The minimum Gasteiger partial charge on any atom is -0.394 e. The van der Waals surface area contributed by atoms with Crippen LogP contribution in [0.15, 0.2) is 12.3 Å². The summed E-state index contributed by atoms with van der Waals surface area (Å²) >= 11 is 0. The Hall–Kier alpha value is -1.44. The molecule has 1 aliphatic rings. The SMILES string of the molecule is Cc1ccnn1CC(=O)N1CCN(CCOCCO)CC1. The number of hydrogen-bond acceptors (Lipinski definition) is 5. The molecule has 0 bridgehead atoms. The molecular weight excluding hydrogens is 272 g/mol. The van der Waals surface area contributed by atoms with Crippen LogP contribution < -0.4 is 0 Å². The highest BCUT2D eigenvalue weighted by Gasteiger charge is 2.21. The van der Waals surface area contributed by atoms with Gasteiger partial charge in [-0.3, -0.25) is 14.4 Å². The standard InChI is InChI=1S/C14H24N4O3/c1-13-2-3-15-18(13)12-14(20)17-6-4-16(5-7-17)8-10-21-11-9-19/h2-3,19H,4-12H2,1H3. The van der Waals surface area contributed by atoms with Gasteiger partial charge in [0.1, 0.15) is 6.54 Å². The number of aliphatic hydroxyl groups is 1. The van der Waals surface area contributed by atoms with Crippen molar-refractivity contribution in [1.82, 2.24) is 19.6 Å². The third kappa shape index (κ3) is 4.80. The van der Waals surface area contributed by atoms with Gasteiger partial charge < -0.3 is 14.7 Å². The maximum Gasteiger partial charge on any atom is 0.244 e. The summed E-state index contributed by atoms with van der Waals surface area (Å²) in [5.41, 5.74) is 1.00. The molecule has 21 heavy (non-hydrogen) atoms. The molecule has 2 heterocycles. The molecule has 0 atom stereocenters. The normalized spacial score (nSPS) is 16.4. The van der Waals surface area contributed by atoms with Gasteiger partial charge in [0.15, 0.2) is 0 Å². The predicted octanol–water partition coefficient (Wildman–Crippen LogP) is -0.655. The quantitative estimate of drug-likeness (QED) is 0.677. The molecule has 0 unspecified atom stereocenters. The first-order chi connectivity index (χ1) is 10.2. The van der Waals surface area contributed by atoms with Gasteiger partial charge in [-0.1, -0.05) is 0 Å². The molecule has 1 aromatic rings. The molecule has 1 aliphatic heterocycles. The van der Waals surface area contributed by atoms with E-state index in [9.17, 15) is 4.79 Å². The Labute approximate surface area is 125 Å². The van der Waals surface area contributed by atoms with Gasteiger partial charge in [0, 0.05) is 44.6 Å². The van der Waals surface area contributed by atoms with E-state index < -0.39 is 0 Å². The number of carbonyl (C=O) groups is 1. The van der Waals surface area contributed by atoms with Crippen LogP contribution in [0.1, 0.15) is 5.69 Å². The number of aromatic nitrogens is 2. The van der Waals surface area contributed by atoms with E-state index in [-0.39, 0.29) is 12.5 Å². The summed E-state index contributed by atoms with van der Waals surface area (Å²) in [7, 11) is 0. The second-order valence-electron chi connectivity index (χ2n) is 5.19. The van der Waals surface area contributed by atoms with E-state index in [4.69, 9.17) is 9.84 Å². The van der Waals surface area contributed by atoms with Crippen molar-refractivity contribution in [3.63, 3.8) is 0 Å². The molecular formula is C14H24N4O3. The van der Waals surface area contributed by atoms with Crippen LogP contribution in [0, 0.1) is 6.92 Å². The first kappa shape index (κ1) is 15.9. The molecule has 0 aliphatic carbocycles. The Bertz CT molecular complexity index is 441. The highest BCUT2D eigenvalue weighted by Crippen LogP contribution is 2.04. The Balaban J connectivity index is 1.68. The molecule has 0 spiro atoms. The second-order valence-corrected chi connectivity index (χ2v) is 5.19. The van der Waals surface area contributed by atoms with Crippen LogP contribution in [0.3, 0.4) is 0 Å². The van der Waals surface area contributed by atoms with Crippen LogP contribution in [0.2, 0.25) is 0 Å². The number of nitrogens with zero attached hydrogens (tertiary/aromatic N) is 4. The molecule has 7 heteroatoms. The average molecular weight is 296 g/mol. The van der Waals surface area contributed by atoms with Crippen LogP contribution in [0.4, 0.5) is 0 Å². The molecule has 0 radical (unpaired) electrons. The zero-order valence-corrected chi connectivity index (χ0v) is 12.6. The van der Waals surface area contributed by atoms with Crippen LogP contribution in [-0.2, 0) is 16.1 Å². The Morgan fingerprint density at radius 3 is 2.71 bits per heavy atom. The minimum atomic E-state index is 0.0646. The van der Waals surface area contributed by atoms with Crippen molar-refractivity contribution in [2.24, 2.45) is 0 Å². The Kier molecular flexibility index (Phi) is 6.16. The number of rotatable bonds is 7. The van der Waals surface area contributed by atoms with Gasteiger partial charge in [-0.15, -0.1) is 0 Å². The van der Waals surface area contributed by atoms with Gasteiger partial charge in [0.05, 0.1) is 19.8 Å². The maximum absolute atomic E-state index is 12.2. The van der Waals surface area contributed by atoms with E-state index >= 15 is 0 Å². The average Bonchev–Trinajstić information content (AvgIpc) is 2.89. The van der Waals surface area contributed by atoms with Crippen LogP contribution in [0.5, 0.6) is 0 Å². The summed E-state index contributed by atoms with van der Waals surface area (Å²) in [5.74, 6) is 0.123. The first-order valence-corrected chi connectivity index (χ1v) is 7.38. The van der Waals surface area contributed by atoms with E-state index in [1.54, 1.807) is 10.9 Å². The fraction of sp³-hybridized carbons (Fsp3) is 0.714. The van der Waals surface area contributed by atoms with E-state index in [2.05, 4.69) is 10.00 Å². The summed E-state index contributed by atoms with van der Waals surface area (Å²) in [6.07, 6.45) is 1.72. The lowest BCUT2D eigenvalue weighted by Gasteiger charge is -2.34. The van der Waals surface area contributed by atoms with Crippen molar-refractivity contribution in [2.75, 3.05) is 52.5 Å². The number of piperazine rings is 1. The summed E-state index contributed by atoms with van der Waals surface area (Å²) in [6.45, 7) is 7.43. The lowest BCUT2D eigenvalue weighted by Crippen LogP contribution is -2.50. The van der Waals surface area contributed by atoms with Crippen molar-refractivity contribution in [2.45, 2.75) is 13.5 Å². The number of ether oxygens (including phenoxy) is 1. The fourth-order valence-electron chi connectivity index (χ4n) is 2.37. The monoisotopic (exact) mass is 296 g/mol. The predicted molar refractivity (Wildman–Crippen MR) is 77.9 cm³/mol. The van der Waals surface area contributed by atoms with Gasteiger partial charge in [-0.25, -0.2) is 0 Å². The molecule has 1 saturated heterocycles. The summed E-state index contributed by atoms with van der Waals surface area (Å²) in [4.78, 5) is 16.4. The second kappa shape index (κ2) is 8.11. The summed E-state index contributed by atoms with van der Waals surface area (Å²) in [6, 6.07) is 1.90. The smallest absolute Gasteiger partial charge is 0.244 e. The van der Waals surface area contributed by atoms with Gasteiger partial charge in [-0.05, 0) is 13.0 Å². The number of aryl methyl sites for hydroxylation is 1. The zero-order valence-electron chi connectivity index (χ0n) is 12.6. The van der Waals surface area contributed by atoms with Gasteiger partial charge >= 0.3 is 0 Å². The lowest BCUT2D eigenvalue weighted by molar-refractivity contribution is -0.133. The van der Waals surface area contributed by atoms with Crippen molar-refractivity contribution in [3.8, 4) is 0 Å². The fourth-order valence-corrected chi connectivity index (χ4v) is 2.37. The molecule has 7 nitrogen and oxygen atoms in total. The molecule has 1 aromatic heterocycles. The highest BCUT2D eigenvalue weighted by molar-refractivity contribution is 5.76. The van der Waals surface area contributed by atoms with Crippen molar-refractivity contribution in [1.29, 1.82) is 0 Å². The van der Waals surface area contributed by atoms with Crippen LogP contribution in [-0.4, -0.2) is 83.1 Å². The molecule has 1 amide bonds. The van der Waals surface area contributed by atoms with Gasteiger partial charge in [0.2, 0.25) is 5.91 Å². The number of carbonyl (C=O) groups excluding carboxylic acids is 1. The molecule has 0 aromatic carbocycles. The topological polar surface area (TPSA) is 70.8 Å². The summed E-state index contributed by atoms with van der Waals surface area (Å²) < 4.78 is 6.99. The van der Waals surface area contributed by atoms with Crippen LogP contribution in [0.25, 0.3) is 0 Å². The van der Waals surface area contributed by atoms with Gasteiger partial charge in [-0.2, -0.15) is 5.10 Å². The van der Waals surface area contributed by atoms with E-state index in [0.29, 0.717) is 19.8 Å². The first-order valence-electron chi connectivity index (χ1n) is 7.38. The zero-order chi connectivity index (χ0) is 15.1. The van der Waals surface area contributed by atoms with E-state index in [0.717, 1.165) is 38.4 Å². The Morgan fingerprint density at radius 2 is 2.10 bits per heavy atom. The highest BCUT2D eigenvalue weighted by atomic mass is 16.5. The number of amides is 1. The van der Waals surface area contributed by atoms with Crippen LogP contribution >= 0.6 is 0 Å². The molecule has 2 rings (SSSR count). The maximum atomic E-state index is 12.2. The number of aliphatic hydroxyl groups excluding tert-OH is 1. The molecule has 118 valence electrons. The largest absolute Gasteiger partial charge is 0.394 e. The van der Waals surface area contributed by atoms with E-state index in [1.807, 2.05) is 17.9 Å². The third-order valence-corrected chi connectivity index (χ3v) is 3.73. The Morgan fingerprint density at radius 1 is 1.33 bits per heavy atom. The van der Waals surface area contributed by atoms with E-state index in [1.165, 1.54) is 0 Å². The number of hydrogen-bond donors (Lipinski definition) is 1.